The van der Waals surface area contributed by atoms with Crippen LogP contribution in [0.4, 0.5) is 0 Å². The fourth-order valence-corrected chi connectivity index (χ4v) is 2.92. The standard InChI is InChI=1S/C13H13BrN4OS/c1-9-11(8-18-7-10(4-5-14)16-17-18)15-13(19-9)12-3-2-6-20-12/h2-3,6-7H,4-5,8H2,1H3. The lowest BCUT2D eigenvalue weighted by Crippen LogP contribution is -2.02. The number of alkyl halides is 1. The molecule has 0 atom stereocenters. The first-order valence-electron chi connectivity index (χ1n) is 6.21. The first-order valence-corrected chi connectivity index (χ1v) is 8.21. The molecule has 7 heteroatoms. The Kier molecular flexibility index (Phi) is 3.98. The number of nitrogens with zero attached hydrogens (tertiary/aromatic N) is 4. The van der Waals surface area contributed by atoms with Gasteiger partial charge in [-0.3, -0.25) is 0 Å². The maximum atomic E-state index is 5.72. The molecule has 0 unspecified atom stereocenters. The molecule has 0 fully saturated rings. The van der Waals surface area contributed by atoms with E-state index in [1.807, 2.05) is 30.6 Å². The Bertz CT molecular complexity index is 689. The molecule has 0 aliphatic rings. The molecule has 0 saturated carbocycles. The minimum absolute atomic E-state index is 0.579. The van der Waals surface area contributed by atoms with Crippen LogP contribution in [0, 0.1) is 6.92 Å². The van der Waals surface area contributed by atoms with Crippen molar-refractivity contribution in [3.63, 3.8) is 0 Å². The fourth-order valence-electron chi connectivity index (χ4n) is 1.86. The second-order valence-electron chi connectivity index (χ2n) is 4.35. The highest BCUT2D eigenvalue weighted by atomic mass is 79.9. The number of thiophene rings is 1. The highest BCUT2D eigenvalue weighted by Gasteiger charge is 2.13. The van der Waals surface area contributed by atoms with Crippen molar-refractivity contribution < 1.29 is 4.42 Å². The Morgan fingerprint density at radius 2 is 2.35 bits per heavy atom. The average Bonchev–Trinajstić information content (AvgIpc) is 3.13. The van der Waals surface area contributed by atoms with Gasteiger partial charge in [-0.25, -0.2) is 9.67 Å². The summed E-state index contributed by atoms with van der Waals surface area (Å²) >= 11 is 5.01. The summed E-state index contributed by atoms with van der Waals surface area (Å²) in [4.78, 5) is 5.59. The zero-order valence-corrected chi connectivity index (χ0v) is 13.3. The molecule has 0 saturated heterocycles. The summed E-state index contributed by atoms with van der Waals surface area (Å²) in [6.45, 7) is 2.51. The largest absolute Gasteiger partial charge is 0.440 e. The lowest BCUT2D eigenvalue weighted by molar-refractivity contribution is 0.536. The quantitative estimate of drug-likeness (QED) is 0.661. The summed E-state index contributed by atoms with van der Waals surface area (Å²) in [5, 5.41) is 11.1. The van der Waals surface area contributed by atoms with Crippen molar-refractivity contribution >= 4 is 27.3 Å². The molecule has 0 aliphatic carbocycles. The van der Waals surface area contributed by atoms with Gasteiger partial charge in [-0.1, -0.05) is 27.2 Å². The number of hydrogen-bond acceptors (Lipinski definition) is 5. The van der Waals surface area contributed by atoms with Gasteiger partial charge < -0.3 is 4.42 Å². The Hall–Kier alpha value is -1.47. The summed E-state index contributed by atoms with van der Waals surface area (Å²) in [5.41, 5.74) is 1.87. The lowest BCUT2D eigenvalue weighted by Gasteiger charge is -1.95. The molecular formula is C13H13BrN4OS. The third kappa shape index (κ3) is 2.83. The van der Waals surface area contributed by atoms with Crippen LogP contribution in [0.3, 0.4) is 0 Å². The number of rotatable bonds is 5. The number of oxazole rings is 1. The van der Waals surface area contributed by atoms with Crippen LogP contribution in [-0.2, 0) is 13.0 Å². The van der Waals surface area contributed by atoms with Crippen LogP contribution in [0.15, 0.2) is 28.1 Å². The Morgan fingerprint density at radius 1 is 1.45 bits per heavy atom. The molecule has 0 radical (unpaired) electrons. The smallest absolute Gasteiger partial charge is 0.236 e. The van der Waals surface area contributed by atoms with E-state index in [9.17, 15) is 0 Å². The summed E-state index contributed by atoms with van der Waals surface area (Å²) in [7, 11) is 0. The van der Waals surface area contributed by atoms with Crippen molar-refractivity contribution in [3.05, 3.63) is 40.9 Å². The first-order chi connectivity index (χ1) is 9.76. The third-order valence-electron chi connectivity index (χ3n) is 2.87. The molecule has 3 heterocycles. The lowest BCUT2D eigenvalue weighted by atomic mass is 10.3. The molecular weight excluding hydrogens is 340 g/mol. The van der Waals surface area contributed by atoms with E-state index >= 15 is 0 Å². The predicted molar refractivity (Wildman–Crippen MR) is 81.2 cm³/mol. The number of aromatic nitrogens is 4. The Balaban J connectivity index is 1.80. The molecule has 3 aromatic heterocycles. The summed E-state index contributed by atoms with van der Waals surface area (Å²) in [5.74, 6) is 1.50. The maximum Gasteiger partial charge on any atom is 0.236 e. The molecule has 0 amide bonds. The third-order valence-corrected chi connectivity index (χ3v) is 4.13. The van der Waals surface area contributed by atoms with Gasteiger partial charge in [0.1, 0.15) is 11.5 Å². The van der Waals surface area contributed by atoms with Gasteiger partial charge in [-0.15, -0.1) is 16.4 Å². The van der Waals surface area contributed by atoms with E-state index in [4.69, 9.17) is 4.42 Å². The van der Waals surface area contributed by atoms with Gasteiger partial charge in [0.05, 0.1) is 17.1 Å². The van der Waals surface area contributed by atoms with Gasteiger partial charge in [0.15, 0.2) is 0 Å². The zero-order valence-electron chi connectivity index (χ0n) is 10.9. The minimum Gasteiger partial charge on any atom is -0.440 e. The Morgan fingerprint density at radius 3 is 3.10 bits per heavy atom. The van der Waals surface area contributed by atoms with Gasteiger partial charge >= 0.3 is 0 Å². The van der Waals surface area contributed by atoms with Crippen molar-refractivity contribution in [2.24, 2.45) is 0 Å². The van der Waals surface area contributed by atoms with E-state index in [-0.39, 0.29) is 0 Å². The molecule has 5 nitrogen and oxygen atoms in total. The van der Waals surface area contributed by atoms with Gasteiger partial charge in [0, 0.05) is 17.9 Å². The molecule has 3 aromatic rings. The SMILES string of the molecule is Cc1oc(-c2cccs2)nc1Cn1cc(CCBr)nn1. The molecule has 0 bridgehead atoms. The van der Waals surface area contributed by atoms with E-state index in [0.717, 1.165) is 33.8 Å². The Labute approximate surface area is 128 Å². The predicted octanol–water partition coefficient (Wildman–Crippen LogP) is 3.29. The summed E-state index contributed by atoms with van der Waals surface area (Å²) < 4.78 is 7.51. The van der Waals surface area contributed by atoms with Crippen molar-refractivity contribution in [3.8, 4) is 10.8 Å². The molecule has 104 valence electrons. The number of hydrogen-bond donors (Lipinski definition) is 0. The van der Waals surface area contributed by atoms with Gasteiger partial charge in [0.2, 0.25) is 5.89 Å². The van der Waals surface area contributed by atoms with E-state index < -0.39 is 0 Å². The number of aryl methyl sites for hydroxylation is 2. The van der Waals surface area contributed by atoms with E-state index in [0.29, 0.717) is 12.4 Å². The van der Waals surface area contributed by atoms with Crippen LogP contribution in [0.5, 0.6) is 0 Å². The van der Waals surface area contributed by atoms with Gasteiger partial charge in [-0.05, 0) is 18.4 Å². The summed E-state index contributed by atoms with van der Waals surface area (Å²) in [6.07, 6.45) is 2.82. The van der Waals surface area contributed by atoms with Crippen LogP contribution >= 0.6 is 27.3 Å². The van der Waals surface area contributed by atoms with Crippen molar-refractivity contribution in [1.82, 2.24) is 20.0 Å². The van der Waals surface area contributed by atoms with Crippen molar-refractivity contribution in [1.29, 1.82) is 0 Å². The van der Waals surface area contributed by atoms with Crippen LogP contribution in [-0.4, -0.2) is 25.3 Å². The van der Waals surface area contributed by atoms with Crippen LogP contribution < -0.4 is 0 Å². The van der Waals surface area contributed by atoms with Gasteiger partial charge in [-0.2, -0.15) is 0 Å². The molecule has 0 aliphatic heterocycles. The molecule has 0 aromatic carbocycles. The van der Waals surface area contributed by atoms with Crippen LogP contribution in [0.1, 0.15) is 17.1 Å². The second kappa shape index (κ2) is 5.88. The van der Waals surface area contributed by atoms with Crippen molar-refractivity contribution in [2.45, 2.75) is 19.9 Å². The highest BCUT2D eigenvalue weighted by Crippen LogP contribution is 2.26. The topological polar surface area (TPSA) is 56.7 Å². The first kappa shape index (κ1) is 13.5. The van der Waals surface area contributed by atoms with Crippen LogP contribution in [0.2, 0.25) is 0 Å². The summed E-state index contributed by atoms with van der Waals surface area (Å²) in [6, 6.07) is 3.99. The average molecular weight is 353 g/mol. The van der Waals surface area contributed by atoms with E-state index in [1.54, 1.807) is 16.0 Å². The molecule has 3 rings (SSSR count). The molecule has 0 N–H and O–H groups in total. The number of halogens is 1. The second-order valence-corrected chi connectivity index (χ2v) is 6.09. The van der Waals surface area contributed by atoms with E-state index in [1.165, 1.54) is 0 Å². The molecule has 0 spiro atoms. The minimum atomic E-state index is 0.579. The monoisotopic (exact) mass is 352 g/mol. The highest BCUT2D eigenvalue weighted by molar-refractivity contribution is 9.09. The fraction of sp³-hybridized carbons (Fsp3) is 0.308. The zero-order chi connectivity index (χ0) is 13.9. The maximum absolute atomic E-state index is 5.72. The molecule has 20 heavy (non-hydrogen) atoms. The van der Waals surface area contributed by atoms with E-state index in [2.05, 4.69) is 31.2 Å². The van der Waals surface area contributed by atoms with Gasteiger partial charge in [0.25, 0.3) is 0 Å². The normalized spacial score (nSPS) is 11.1. The van der Waals surface area contributed by atoms with Crippen molar-refractivity contribution in [2.75, 3.05) is 5.33 Å². The van der Waals surface area contributed by atoms with Crippen LogP contribution in [0.25, 0.3) is 10.8 Å².